The van der Waals surface area contributed by atoms with E-state index in [1.807, 2.05) is 12.1 Å². The molecule has 2 aromatic rings. The van der Waals surface area contributed by atoms with Gasteiger partial charge in [-0.3, -0.25) is 4.79 Å². The van der Waals surface area contributed by atoms with E-state index in [2.05, 4.69) is 0 Å². The fourth-order valence-corrected chi connectivity index (χ4v) is 4.03. The molecule has 24 heavy (non-hydrogen) atoms. The van der Waals surface area contributed by atoms with Crippen LogP contribution in [0.3, 0.4) is 0 Å². The third-order valence-electron chi connectivity index (χ3n) is 5.11. The van der Waals surface area contributed by atoms with Crippen molar-refractivity contribution < 1.29 is 13.9 Å². The minimum absolute atomic E-state index is 0.000826. The van der Waals surface area contributed by atoms with Crippen molar-refractivity contribution in [1.29, 1.82) is 0 Å². The number of hydrogen-bond donors (Lipinski definition) is 0. The third-order valence-corrected chi connectivity index (χ3v) is 6.21. The highest BCUT2D eigenvalue weighted by atomic mass is 35.5. The summed E-state index contributed by atoms with van der Waals surface area (Å²) in [5.74, 6) is -0.449. The molecule has 1 atom stereocenters. The van der Waals surface area contributed by atoms with E-state index in [1.54, 1.807) is 6.92 Å². The van der Waals surface area contributed by atoms with Gasteiger partial charge in [0.15, 0.2) is 0 Å². The second kappa shape index (κ2) is 5.24. The van der Waals surface area contributed by atoms with Gasteiger partial charge >= 0.3 is 11.6 Å². The molecule has 1 heterocycles. The van der Waals surface area contributed by atoms with Crippen LogP contribution in [0.4, 0.5) is 0 Å². The summed E-state index contributed by atoms with van der Waals surface area (Å²) in [4.78, 5) is 24.0. The van der Waals surface area contributed by atoms with Crippen molar-refractivity contribution in [1.82, 2.24) is 0 Å². The van der Waals surface area contributed by atoms with Gasteiger partial charge in [-0.05, 0) is 49.4 Å². The van der Waals surface area contributed by atoms with Crippen molar-refractivity contribution in [2.75, 3.05) is 0 Å². The van der Waals surface area contributed by atoms with E-state index < -0.39 is 21.3 Å². The number of aryl methyl sites for hydroxylation is 2. The summed E-state index contributed by atoms with van der Waals surface area (Å²) < 4.78 is 9.63. The standard InChI is InChI=1S/C18H16Cl2O4/c1-17(9-18(17,19)20)16(22)23-8-12-7-15(21)24-14-6-11-4-2-3-10(11)5-13(12)14/h5-7H,2-4,8-9H2,1H3/t17-/m1/s1. The largest absolute Gasteiger partial charge is 0.460 e. The van der Waals surface area contributed by atoms with Gasteiger partial charge < -0.3 is 9.15 Å². The molecule has 1 aromatic heterocycles. The topological polar surface area (TPSA) is 56.5 Å². The van der Waals surface area contributed by atoms with Gasteiger partial charge in [0.2, 0.25) is 0 Å². The first-order valence-electron chi connectivity index (χ1n) is 7.94. The Hall–Kier alpha value is -1.52. The zero-order valence-corrected chi connectivity index (χ0v) is 14.7. The van der Waals surface area contributed by atoms with Crippen LogP contribution in [-0.4, -0.2) is 10.3 Å². The Labute approximate surface area is 148 Å². The first kappa shape index (κ1) is 16.0. The van der Waals surface area contributed by atoms with Crippen LogP contribution in [0.2, 0.25) is 0 Å². The molecule has 0 unspecified atom stereocenters. The molecule has 1 saturated carbocycles. The van der Waals surface area contributed by atoms with Gasteiger partial charge in [-0.1, -0.05) is 0 Å². The first-order chi connectivity index (χ1) is 11.3. The van der Waals surface area contributed by atoms with E-state index in [4.69, 9.17) is 32.4 Å². The summed E-state index contributed by atoms with van der Waals surface area (Å²) in [6, 6.07) is 5.34. The molecule has 126 valence electrons. The number of benzene rings is 1. The molecule has 0 saturated heterocycles. The van der Waals surface area contributed by atoms with Gasteiger partial charge in [-0.25, -0.2) is 4.79 Å². The van der Waals surface area contributed by atoms with Gasteiger partial charge in [0.05, 0.1) is 0 Å². The number of carbonyl (C=O) groups excluding carboxylic acids is 1. The zero-order valence-electron chi connectivity index (χ0n) is 13.2. The van der Waals surface area contributed by atoms with E-state index in [0.29, 0.717) is 17.6 Å². The predicted octanol–water partition coefficient (Wildman–Crippen LogP) is 3.91. The van der Waals surface area contributed by atoms with Crippen molar-refractivity contribution in [3.05, 3.63) is 45.3 Å². The van der Waals surface area contributed by atoms with Gasteiger partial charge in [0.25, 0.3) is 0 Å². The highest BCUT2D eigenvalue weighted by Crippen LogP contribution is 2.64. The van der Waals surface area contributed by atoms with Crippen LogP contribution in [-0.2, 0) is 29.0 Å². The Morgan fingerprint density at radius 1 is 1.25 bits per heavy atom. The summed E-state index contributed by atoms with van der Waals surface area (Å²) in [6.45, 7) is 1.68. The summed E-state index contributed by atoms with van der Waals surface area (Å²) in [5, 5.41) is 0.812. The van der Waals surface area contributed by atoms with E-state index >= 15 is 0 Å². The van der Waals surface area contributed by atoms with Crippen LogP contribution < -0.4 is 5.63 Å². The maximum absolute atomic E-state index is 12.2. The number of alkyl halides is 2. The Morgan fingerprint density at radius 3 is 2.58 bits per heavy atom. The minimum Gasteiger partial charge on any atom is -0.460 e. The van der Waals surface area contributed by atoms with Gasteiger partial charge in [-0.15, -0.1) is 23.2 Å². The van der Waals surface area contributed by atoms with Gasteiger partial charge in [-0.2, -0.15) is 0 Å². The number of fused-ring (bicyclic) bond motifs is 2. The molecule has 4 nitrogen and oxygen atoms in total. The summed E-state index contributed by atoms with van der Waals surface area (Å²) in [5.41, 5.74) is 2.33. The van der Waals surface area contributed by atoms with Crippen molar-refractivity contribution in [2.24, 2.45) is 5.41 Å². The summed E-state index contributed by atoms with van der Waals surface area (Å²) in [6.07, 6.45) is 3.49. The van der Waals surface area contributed by atoms with E-state index in [9.17, 15) is 9.59 Å². The van der Waals surface area contributed by atoms with Gasteiger partial charge in [0, 0.05) is 23.4 Å². The SMILES string of the molecule is C[C@]1(C(=O)OCc2cc(=O)oc3cc4c(cc23)CCC4)CC1(Cl)Cl. The van der Waals surface area contributed by atoms with Crippen LogP contribution in [0.5, 0.6) is 0 Å². The second-order valence-electron chi connectivity index (χ2n) is 6.85. The Morgan fingerprint density at radius 2 is 1.92 bits per heavy atom. The minimum atomic E-state index is -1.07. The molecule has 0 spiro atoms. The first-order valence-corrected chi connectivity index (χ1v) is 8.69. The lowest BCUT2D eigenvalue weighted by Crippen LogP contribution is -2.21. The molecule has 0 amide bonds. The molecular formula is C18H16Cl2O4. The molecule has 4 rings (SSSR count). The molecule has 0 aliphatic heterocycles. The molecular weight excluding hydrogens is 351 g/mol. The van der Waals surface area contributed by atoms with E-state index in [1.165, 1.54) is 17.2 Å². The molecule has 0 radical (unpaired) electrons. The second-order valence-corrected chi connectivity index (χ2v) is 8.33. The fourth-order valence-electron chi connectivity index (χ4n) is 3.34. The molecule has 0 N–H and O–H groups in total. The molecule has 2 aliphatic carbocycles. The third kappa shape index (κ3) is 2.44. The van der Waals surface area contributed by atoms with Crippen molar-refractivity contribution in [3.8, 4) is 0 Å². The van der Waals surface area contributed by atoms with Crippen LogP contribution in [0, 0.1) is 5.41 Å². The lowest BCUT2D eigenvalue weighted by Gasteiger charge is -2.13. The van der Waals surface area contributed by atoms with Crippen LogP contribution in [0.1, 0.15) is 36.5 Å². The fraction of sp³-hybridized carbons (Fsp3) is 0.444. The quantitative estimate of drug-likeness (QED) is 0.469. The molecule has 1 aromatic carbocycles. The van der Waals surface area contributed by atoms with Crippen LogP contribution in [0.25, 0.3) is 11.0 Å². The number of esters is 1. The average Bonchev–Trinajstić information content (AvgIpc) is 2.85. The summed E-state index contributed by atoms with van der Waals surface area (Å²) in [7, 11) is 0. The Bertz CT molecular complexity index is 915. The van der Waals surface area contributed by atoms with Crippen molar-refractivity contribution in [2.45, 2.75) is 43.5 Å². The van der Waals surface area contributed by atoms with Crippen LogP contribution in [0.15, 0.2) is 27.4 Å². The molecule has 1 fully saturated rings. The van der Waals surface area contributed by atoms with Crippen molar-refractivity contribution >= 4 is 40.1 Å². The van der Waals surface area contributed by atoms with E-state index in [-0.39, 0.29) is 6.61 Å². The molecule has 6 heteroatoms. The number of rotatable bonds is 3. The van der Waals surface area contributed by atoms with E-state index in [0.717, 1.165) is 24.6 Å². The Kier molecular flexibility index (Phi) is 3.49. The number of hydrogen-bond acceptors (Lipinski definition) is 4. The number of carbonyl (C=O) groups is 1. The number of ether oxygens (including phenoxy) is 1. The van der Waals surface area contributed by atoms with Crippen LogP contribution >= 0.6 is 23.2 Å². The maximum atomic E-state index is 12.2. The monoisotopic (exact) mass is 366 g/mol. The summed E-state index contributed by atoms with van der Waals surface area (Å²) >= 11 is 12.0. The number of halogens is 2. The maximum Gasteiger partial charge on any atom is 0.336 e. The van der Waals surface area contributed by atoms with Gasteiger partial charge in [0.1, 0.15) is 21.9 Å². The zero-order chi connectivity index (χ0) is 17.1. The Balaban J connectivity index is 1.64. The van der Waals surface area contributed by atoms with Crippen molar-refractivity contribution in [3.63, 3.8) is 0 Å². The lowest BCUT2D eigenvalue weighted by molar-refractivity contribution is -0.150. The average molecular weight is 367 g/mol. The predicted molar refractivity (Wildman–Crippen MR) is 91.5 cm³/mol. The molecule has 2 aliphatic rings. The molecule has 0 bridgehead atoms. The highest BCUT2D eigenvalue weighted by Gasteiger charge is 2.69. The lowest BCUT2D eigenvalue weighted by atomic mass is 10.0. The normalized spacial score (nSPS) is 24.0. The smallest absolute Gasteiger partial charge is 0.336 e. The highest BCUT2D eigenvalue weighted by molar-refractivity contribution is 6.53.